The Bertz CT molecular complexity index is 1660. The maximum Gasteiger partial charge on any atom is 0.253 e. The number of para-hydroxylation sites is 1. The third-order valence-electron chi connectivity index (χ3n) is 10.5. The van der Waals surface area contributed by atoms with Crippen molar-refractivity contribution in [2.45, 2.75) is 50.5 Å². The Morgan fingerprint density at radius 1 is 0.878 bits per heavy atom. The fourth-order valence-corrected chi connectivity index (χ4v) is 8.29. The number of rotatable bonds is 14. The molecule has 0 saturated carbocycles. The number of likely N-dealkylation sites (tertiary alicyclic amines) is 1. The molecule has 3 aromatic rings. The van der Waals surface area contributed by atoms with E-state index in [0.29, 0.717) is 29.8 Å². The van der Waals surface area contributed by atoms with Crippen molar-refractivity contribution < 1.29 is 24.2 Å². The van der Waals surface area contributed by atoms with Crippen LogP contribution < -0.4 is 14.7 Å². The molecule has 0 aromatic heterocycles. The number of anilines is 3. The molecule has 0 radical (unpaired) electrons. The van der Waals surface area contributed by atoms with E-state index >= 15 is 4.79 Å². The van der Waals surface area contributed by atoms with Crippen molar-refractivity contribution in [3.63, 3.8) is 0 Å². The molecule has 256 valence electrons. The second kappa shape index (κ2) is 14.4. The maximum atomic E-state index is 15.1. The van der Waals surface area contributed by atoms with Crippen LogP contribution in [0.5, 0.6) is 0 Å². The monoisotopic (exact) mass is 662 g/mol. The minimum Gasteiger partial charge on any atom is -0.394 e. The average Bonchev–Trinajstić information content (AvgIpc) is 3.79. The summed E-state index contributed by atoms with van der Waals surface area (Å²) >= 11 is 0. The SMILES string of the molecule is C=CCN(C(=O)C1N([C@H](CO)c2ccccc2)C(=O)[C@@H]2[C@H](C(=O)N(CC=C)c3ccccc3)[C@@H]3CCC12O3)c1ccc(N(CC)CC)cc1. The summed E-state index contributed by atoms with van der Waals surface area (Å²) in [6, 6.07) is 24.5. The molecule has 1 spiro atoms. The normalized spacial score (nSPS) is 24.3. The molecule has 6 atom stereocenters. The summed E-state index contributed by atoms with van der Waals surface area (Å²) in [7, 11) is 0. The Balaban J connectivity index is 1.45. The molecule has 3 aromatic carbocycles. The highest BCUT2D eigenvalue weighted by atomic mass is 16.5. The third kappa shape index (κ3) is 5.85. The molecular formula is C40H46N4O5. The second-order valence-electron chi connectivity index (χ2n) is 12.9. The van der Waals surface area contributed by atoms with Crippen LogP contribution in [-0.4, -0.2) is 78.3 Å². The number of aliphatic hydroxyl groups is 1. The highest BCUT2D eigenvalue weighted by Crippen LogP contribution is 2.60. The largest absolute Gasteiger partial charge is 0.394 e. The number of nitrogens with zero attached hydrogens (tertiary/aromatic N) is 4. The zero-order valence-corrected chi connectivity index (χ0v) is 28.4. The first-order valence-corrected chi connectivity index (χ1v) is 17.3. The molecule has 9 heteroatoms. The second-order valence-corrected chi connectivity index (χ2v) is 12.9. The van der Waals surface area contributed by atoms with Gasteiger partial charge in [0.15, 0.2) is 0 Å². The van der Waals surface area contributed by atoms with Gasteiger partial charge in [-0.1, -0.05) is 60.7 Å². The summed E-state index contributed by atoms with van der Waals surface area (Å²) < 4.78 is 6.79. The van der Waals surface area contributed by atoms with Crippen molar-refractivity contribution in [1.29, 1.82) is 0 Å². The number of hydrogen-bond acceptors (Lipinski definition) is 6. The van der Waals surface area contributed by atoms with Gasteiger partial charge < -0.3 is 29.4 Å². The number of amides is 3. The van der Waals surface area contributed by atoms with Gasteiger partial charge in [-0.2, -0.15) is 0 Å². The van der Waals surface area contributed by atoms with Crippen molar-refractivity contribution in [3.05, 3.63) is 116 Å². The van der Waals surface area contributed by atoms with E-state index in [1.165, 1.54) is 4.90 Å². The van der Waals surface area contributed by atoms with Crippen LogP contribution in [0.1, 0.15) is 38.3 Å². The predicted molar refractivity (Wildman–Crippen MR) is 192 cm³/mol. The zero-order valence-electron chi connectivity index (χ0n) is 28.4. The van der Waals surface area contributed by atoms with Crippen molar-refractivity contribution >= 4 is 34.8 Å². The van der Waals surface area contributed by atoms with Crippen LogP contribution in [0.15, 0.2) is 110 Å². The van der Waals surface area contributed by atoms with E-state index in [-0.39, 0.29) is 30.8 Å². The quantitative estimate of drug-likeness (QED) is 0.233. The molecule has 1 N–H and O–H groups in total. The van der Waals surface area contributed by atoms with E-state index in [2.05, 4.69) is 31.9 Å². The number of ether oxygens (including phenoxy) is 1. The number of carbonyl (C=O) groups is 3. The van der Waals surface area contributed by atoms with Gasteiger partial charge in [-0.3, -0.25) is 14.4 Å². The van der Waals surface area contributed by atoms with Gasteiger partial charge in [-0.05, 0) is 68.7 Å². The van der Waals surface area contributed by atoms with E-state index in [0.717, 1.165) is 18.8 Å². The van der Waals surface area contributed by atoms with Crippen molar-refractivity contribution in [3.8, 4) is 0 Å². The Morgan fingerprint density at radius 3 is 2.00 bits per heavy atom. The summed E-state index contributed by atoms with van der Waals surface area (Å²) in [5.74, 6) is -2.64. The van der Waals surface area contributed by atoms with Gasteiger partial charge >= 0.3 is 0 Å². The van der Waals surface area contributed by atoms with Crippen LogP contribution in [0.3, 0.4) is 0 Å². The minimum atomic E-state index is -1.25. The molecule has 6 rings (SSSR count). The summed E-state index contributed by atoms with van der Waals surface area (Å²) in [5, 5.41) is 10.9. The lowest BCUT2D eigenvalue weighted by Gasteiger charge is -2.39. The van der Waals surface area contributed by atoms with E-state index < -0.39 is 42.2 Å². The van der Waals surface area contributed by atoms with Crippen LogP contribution in [0.25, 0.3) is 0 Å². The molecule has 3 amide bonds. The summed E-state index contributed by atoms with van der Waals surface area (Å²) in [5.41, 5.74) is 1.85. The van der Waals surface area contributed by atoms with E-state index in [9.17, 15) is 14.7 Å². The zero-order chi connectivity index (χ0) is 34.7. The first kappa shape index (κ1) is 34.1. The number of carbonyl (C=O) groups excluding carboxylic acids is 3. The van der Waals surface area contributed by atoms with Gasteiger partial charge in [0.2, 0.25) is 11.8 Å². The molecule has 2 bridgehead atoms. The molecule has 3 saturated heterocycles. The molecule has 9 nitrogen and oxygen atoms in total. The van der Waals surface area contributed by atoms with Gasteiger partial charge in [-0.25, -0.2) is 0 Å². The standard InChI is InChI=1S/C40H46N4O5/c1-5-25-42(30-17-13-10-14-18-30)37(46)34-33-23-24-40(49-33)35(34)38(47)44(32(27-45)28-15-11-9-12-16-28)36(40)39(48)43(26-6-2)31-21-19-29(20-22-31)41(7-3)8-4/h5-6,9-22,32-36,45H,1-2,7-8,23-27H2,3-4H3/t32-,33+,34-,35+,36?,40?/m1/s1. The predicted octanol–water partition coefficient (Wildman–Crippen LogP) is 5.38. The van der Waals surface area contributed by atoms with Gasteiger partial charge in [0.1, 0.15) is 11.6 Å². The Hall–Kier alpha value is -4.73. The van der Waals surface area contributed by atoms with E-state index in [1.807, 2.05) is 84.9 Å². The Kier molecular flexibility index (Phi) is 10.0. The van der Waals surface area contributed by atoms with Crippen molar-refractivity contribution in [1.82, 2.24) is 4.90 Å². The third-order valence-corrected chi connectivity index (χ3v) is 10.5. The smallest absolute Gasteiger partial charge is 0.253 e. The van der Waals surface area contributed by atoms with E-state index in [4.69, 9.17) is 4.74 Å². The van der Waals surface area contributed by atoms with Gasteiger partial charge in [0, 0.05) is 43.2 Å². The summed E-state index contributed by atoms with van der Waals surface area (Å²) in [4.78, 5) is 51.7. The fourth-order valence-electron chi connectivity index (χ4n) is 8.29. The highest BCUT2D eigenvalue weighted by molar-refractivity contribution is 6.06. The van der Waals surface area contributed by atoms with Crippen molar-refractivity contribution in [2.24, 2.45) is 11.8 Å². The van der Waals surface area contributed by atoms with Crippen molar-refractivity contribution in [2.75, 3.05) is 47.5 Å². The summed E-state index contributed by atoms with van der Waals surface area (Å²) in [6.07, 6.45) is 3.77. The molecule has 0 aliphatic carbocycles. The van der Waals surface area contributed by atoms with Gasteiger partial charge in [0.05, 0.1) is 30.6 Å². The Morgan fingerprint density at radius 2 is 1.43 bits per heavy atom. The van der Waals surface area contributed by atoms with Crippen LogP contribution in [0.4, 0.5) is 17.1 Å². The first-order chi connectivity index (χ1) is 23.8. The number of hydrogen-bond donors (Lipinski definition) is 1. The molecule has 49 heavy (non-hydrogen) atoms. The van der Waals surface area contributed by atoms with Crippen LogP contribution >= 0.6 is 0 Å². The Labute approximate surface area is 289 Å². The maximum absolute atomic E-state index is 15.1. The number of benzene rings is 3. The molecule has 3 fully saturated rings. The van der Waals surface area contributed by atoms with Crippen LogP contribution in [-0.2, 0) is 19.1 Å². The average molecular weight is 663 g/mol. The minimum absolute atomic E-state index is 0.199. The highest BCUT2D eigenvalue weighted by Gasteiger charge is 2.75. The fraction of sp³-hybridized carbons (Fsp3) is 0.375. The first-order valence-electron chi connectivity index (χ1n) is 17.3. The molecule has 3 aliphatic rings. The lowest BCUT2D eigenvalue weighted by atomic mass is 9.70. The molecule has 3 heterocycles. The lowest BCUT2D eigenvalue weighted by Crippen LogP contribution is -2.57. The topological polar surface area (TPSA) is 93.6 Å². The number of aliphatic hydroxyl groups excluding tert-OH is 1. The van der Waals surface area contributed by atoms with Crippen LogP contribution in [0, 0.1) is 11.8 Å². The van der Waals surface area contributed by atoms with E-state index in [1.54, 1.807) is 22.0 Å². The molecule has 3 aliphatic heterocycles. The lowest BCUT2D eigenvalue weighted by molar-refractivity contribution is -0.144. The number of fused-ring (bicyclic) bond motifs is 1. The molecular weight excluding hydrogens is 616 g/mol. The summed E-state index contributed by atoms with van der Waals surface area (Å²) in [6.45, 7) is 13.8. The van der Waals surface area contributed by atoms with Crippen LogP contribution in [0.2, 0.25) is 0 Å². The molecule has 2 unspecified atom stereocenters. The van der Waals surface area contributed by atoms with Gasteiger partial charge in [0.25, 0.3) is 5.91 Å². The van der Waals surface area contributed by atoms with Gasteiger partial charge in [-0.15, -0.1) is 13.2 Å².